The molecule has 102 valence electrons. The predicted molar refractivity (Wildman–Crippen MR) is 69.8 cm³/mol. The monoisotopic (exact) mass is 253 g/mol. The molecular formula is C14H23NO3. The molecule has 0 aromatic rings. The standard InChI is InChI=1S/C14H23NO3/c1-4-5-6-7-13-10(2)8-12(17)14(18-13)9-15-11(3)16/h10,12-14,17H,6-9H2,1-3H3,(H,15,16)/t10-,12-,13-,14+/m1/s1. The fourth-order valence-corrected chi connectivity index (χ4v) is 2.25. The van der Waals surface area contributed by atoms with E-state index in [1.54, 1.807) is 0 Å². The van der Waals surface area contributed by atoms with Gasteiger partial charge < -0.3 is 15.2 Å². The van der Waals surface area contributed by atoms with Crippen LogP contribution in [0.5, 0.6) is 0 Å². The number of carbonyl (C=O) groups is 1. The van der Waals surface area contributed by atoms with E-state index in [1.807, 2.05) is 6.92 Å². The van der Waals surface area contributed by atoms with Crippen molar-refractivity contribution in [1.29, 1.82) is 0 Å². The average molecular weight is 253 g/mol. The van der Waals surface area contributed by atoms with Gasteiger partial charge in [-0.2, -0.15) is 0 Å². The first-order valence-corrected chi connectivity index (χ1v) is 6.52. The molecular weight excluding hydrogens is 230 g/mol. The second-order valence-corrected chi connectivity index (χ2v) is 4.90. The van der Waals surface area contributed by atoms with Crippen LogP contribution in [-0.4, -0.2) is 35.9 Å². The molecule has 1 heterocycles. The van der Waals surface area contributed by atoms with Crippen LogP contribution in [0.1, 0.15) is 40.0 Å². The summed E-state index contributed by atoms with van der Waals surface area (Å²) in [6.45, 7) is 5.75. The Morgan fingerprint density at radius 2 is 2.22 bits per heavy atom. The van der Waals surface area contributed by atoms with Crippen molar-refractivity contribution < 1.29 is 14.6 Å². The molecule has 1 amide bonds. The molecule has 1 saturated heterocycles. The first-order valence-electron chi connectivity index (χ1n) is 6.52. The molecule has 4 atom stereocenters. The Hall–Kier alpha value is -1.05. The molecule has 0 spiro atoms. The second-order valence-electron chi connectivity index (χ2n) is 4.90. The molecule has 0 aromatic heterocycles. The van der Waals surface area contributed by atoms with E-state index in [9.17, 15) is 9.90 Å². The zero-order chi connectivity index (χ0) is 13.5. The molecule has 1 aliphatic heterocycles. The molecule has 0 unspecified atom stereocenters. The number of hydrogen-bond donors (Lipinski definition) is 2. The fourth-order valence-electron chi connectivity index (χ4n) is 2.25. The maximum atomic E-state index is 10.9. The highest BCUT2D eigenvalue weighted by atomic mass is 16.5. The Kier molecular flexibility index (Phi) is 6.17. The molecule has 0 saturated carbocycles. The van der Waals surface area contributed by atoms with Gasteiger partial charge >= 0.3 is 0 Å². The van der Waals surface area contributed by atoms with E-state index in [1.165, 1.54) is 6.92 Å². The largest absolute Gasteiger partial charge is 0.390 e. The molecule has 2 N–H and O–H groups in total. The van der Waals surface area contributed by atoms with Crippen LogP contribution in [0, 0.1) is 17.8 Å². The number of ether oxygens (including phenoxy) is 1. The van der Waals surface area contributed by atoms with E-state index in [0.717, 1.165) is 12.8 Å². The van der Waals surface area contributed by atoms with Gasteiger partial charge in [-0.05, 0) is 25.7 Å². The molecule has 0 bridgehead atoms. The lowest BCUT2D eigenvalue weighted by molar-refractivity contribution is -0.143. The third-order valence-electron chi connectivity index (χ3n) is 3.31. The van der Waals surface area contributed by atoms with Gasteiger partial charge in [0.25, 0.3) is 0 Å². The Balaban J connectivity index is 2.47. The smallest absolute Gasteiger partial charge is 0.216 e. The summed E-state index contributed by atoms with van der Waals surface area (Å²) in [6.07, 6.45) is 1.73. The summed E-state index contributed by atoms with van der Waals surface area (Å²) in [6, 6.07) is 0. The Morgan fingerprint density at radius 3 is 2.83 bits per heavy atom. The van der Waals surface area contributed by atoms with Crippen LogP contribution in [0.15, 0.2) is 0 Å². The molecule has 4 nitrogen and oxygen atoms in total. The minimum absolute atomic E-state index is 0.0992. The van der Waals surface area contributed by atoms with E-state index in [2.05, 4.69) is 24.1 Å². The third kappa shape index (κ3) is 4.67. The number of amides is 1. The van der Waals surface area contributed by atoms with Crippen molar-refractivity contribution in [1.82, 2.24) is 5.32 Å². The topological polar surface area (TPSA) is 58.6 Å². The van der Waals surface area contributed by atoms with Gasteiger partial charge in [-0.1, -0.05) is 6.92 Å². The lowest BCUT2D eigenvalue weighted by Gasteiger charge is -2.38. The van der Waals surface area contributed by atoms with Crippen LogP contribution < -0.4 is 5.32 Å². The Morgan fingerprint density at radius 1 is 1.50 bits per heavy atom. The summed E-state index contributed by atoms with van der Waals surface area (Å²) in [5.41, 5.74) is 0. The zero-order valence-electron chi connectivity index (χ0n) is 11.4. The highest BCUT2D eigenvalue weighted by molar-refractivity contribution is 5.72. The van der Waals surface area contributed by atoms with Gasteiger partial charge in [-0.3, -0.25) is 4.79 Å². The minimum atomic E-state index is -0.500. The van der Waals surface area contributed by atoms with Gasteiger partial charge in [0.2, 0.25) is 5.91 Å². The predicted octanol–water partition coefficient (Wildman–Crippen LogP) is 1.08. The summed E-state index contributed by atoms with van der Waals surface area (Å²) in [4.78, 5) is 10.9. The Bertz CT molecular complexity index is 332. The summed E-state index contributed by atoms with van der Waals surface area (Å²) in [5, 5.41) is 12.6. The van der Waals surface area contributed by atoms with Crippen LogP contribution >= 0.6 is 0 Å². The maximum Gasteiger partial charge on any atom is 0.216 e. The number of nitrogens with one attached hydrogen (secondary N) is 1. The van der Waals surface area contributed by atoms with Gasteiger partial charge in [0.05, 0.1) is 12.2 Å². The van der Waals surface area contributed by atoms with Gasteiger partial charge in [-0.15, -0.1) is 11.8 Å². The third-order valence-corrected chi connectivity index (χ3v) is 3.31. The fraction of sp³-hybridized carbons (Fsp3) is 0.786. The Labute approximate surface area is 109 Å². The van der Waals surface area contributed by atoms with Crippen LogP contribution in [0.25, 0.3) is 0 Å². The van der Waals surface area contributed by atoms with Crippen molar-refractivity contribution in [2.45, 2.75) is 58.3 Å². The minimum Gasteiger partial charge on any atom is -0.390 e. The van der Waals surface area contributed by atoms with Crippen molar-refractivity contribution in [3.8, 4) is 11.8 Å². The second kappa shape index (κ2) is 7.40. The molecule has 4 heteroatoms. The van der Waals surface area contributed by atoms with Crippen LogP contribution in [0.4, 0.5) is 0 Å². The molecule has 0 radical (unpaired) electrons. The lowest BCUT2D eigenvalue weighted by Crippen LogP contribution is -2.48. The van der Waals surface area contributed by atoms with Gasteiger partial charge in [0.15, 0.2) is 0 Å². The van der Waals surface area contributed by atoms with Gasteiger partial charge in [-0.25, -0.2) is 0 Å². The molecule has 18 heavy (non-hydrogen) atoms. The van der Waals surface area contributed by atoms with Crippen molar-refractivity contribution in [3.63, 3.8) is 0 Å². The van der Waals surface area contributed by atoms with E-state index >= 15 is 0 Å². The van der Waals surface area contributed by atoms with Crippen molar-refractivity contribution in [2.75, 3.05) is 6.54 Å². The molecule has 1 aliphatic rings. The maximum absolute atomic E-state index is 10.9. The lowest BCUT2D eigenvalue weighted by atomic mass is 9.89. The number of aliphatic hydroxyl groups excluding tert-OH is 1. The SMILES string of the molecule is CC#CCC[C@H]1O[C@@H](CNC(C)=O)[C@H](O)C[C@H]1C. The number of rotatable bonds is 4. The van der Waals surface area contributed by atoms with Gasteiger partial charge in [0.1, 0.15) is 6.10 Å². The first kappa shape index (κ1) is 15.0. The summed E-state index contributed by atoms with van der Waals surface area (Å²) in [5.74, 6) is 6.13. The summed E-state index contributed by atoms with van der Waals surface area (Å²) in [7, 11) is 0. The van der Waals surface area contributed by atoms with E-state index < -0.39 is 6.10 Å². The molecule has 1 rings (SSSR count). The number of aliphatic hydroxyl groups is 1. The van der Waals surface area contributed by atoms with E-state index in [-0.39, 0.29) is 18.1 Å². The van der Waals surface area contributed by atoms with Crippen LogP contribution in [-0.2, 0) is 9.53 Å². The zero-order valence-corrected chi connectivity index (χ0v) is 11.4. The first-order chi connectivity index (χ1) is 8.54. The van der Waals surface area contributed by atoms with Crippen molar-refractivity contribution in [3.05, 3.63) is 0 Å². The van der Waals surface area contributed by atoms with Gasteiger partial charge in [0, 0.05) is 19.9 Å². The summed E-state index contributed by atoms with van der Waals surface area (Å²) < 4.78 is 5.88. The molecule has 0 aliphatic carbocycles. The molecule has 1 fully saturated rings. The quantitative estimate of drug-likeness (QED) is 0.737. The van der Waals surface area contributed by atoms with E-state index in [4.69, 9.17) is 4.74 Å². The van der Waals surface area contributed by atoms with Crippen molar-refractivity contribution in [2.24, 2.45) is 5.92 Å². The summed E-state index contributed by atoms with van der Waals surface area (Å²) >= 11 is 0. The highest BCUT2D eigenvalue weighted by Crippen LogP contribution is 2.27. The normalized spacial score (nSPS) is 31.3. The van der Waals surface area contributed by atoms with Crippen LogP contribution in [0.2, 0.25) is 0 Å². The number of hydrogen-bond acceptors (Lipinski definition) is 3. The highest BCUT2D eigenvalue weighted by Gasteiger charge is 2.34. The van der Waals surface area contributed by atoms with Crippen LogP contribution in [0.3, 0.4) is 0 Å². The van der Waals surface area contributed by atoms with E-state index in [0.29, 0.717) is 18.9 Å². The van der Waals surface area contributed by atoms with Crippen molar-refractivity contribution >= 4 is 5.91 Å². The molecule has 0 aromatic carbocycles. The average Bonchev–Trinajstić information content (AvgIpc) is 2.30. The number of carbonyl (C=O) groups excluding carboxylic acids is 1.